The van der Waals surface area contributed by atoms with Crippen LogP contribution < -0.4 is 9.64 Å². The number of ether oxygens (including phenoxy) is 2. The molecule has 23 heavy (non-hydrogen) atoms. The zero-order valence-corrected chi connectivity index (χ0v) is 14.1. The molecule has 2 aromatic rings. The van der Waals surface area contributed by atoms with Gasteiger partial charge in [0.1, 0.15) is 0 Å². The molecule has 0 radical (unpaired) electrons. The number of nitrogens with zero attached hydrogens (tertiary/aromatic N) is 3. The molecule has 0 atom stereocenters. The summed E-state index contributed by atoms with van der Waals surface area (Å²) in [5, 5.41) is 0.849. The molecule has 0 spiro atoms. The quantitative estimate of drug-likeness (QED) is 0.812. The highest BCUT2D eigenvalue weighted by Gasteiger charge is 2.20. The Balaban J connectivity index is 2.29. The first-order valence-corrected chi connectivity index (χ1v) is 7.55. The van der Waals surface area contributed by atoms with Crippen LogP contribution in [0.2, 0.25) is 10.0 Å². The fourth-order valence-electron chi connectivity index (χ4n) is 1.79. The van der Waals surface area contributed by atoms with Crippen molar-refractivity contribution in [2.75, 3.05) is 18.6 Å². The van der Waals surface area contributed by atoms with Gasteiger partial charge in [0, 0.05) is 0 Å². The SMILES string of the molecule is CCOC(=O)N(Cc1ccc(Cl)c(Cl)c1)c1ncc(OC)cn1. The minimum atomic E-state index is -0.552. The van der Waals surface area contributed by atoms with Crippen molar-refractivity contribution in [3.63, 3.8) is 0 Å². The molecule has 0 aliphatic carbocycles. The Morgan fingerprint density at radius 2 is 1.91 bits per heavy atom. The summed E-state index contributed by atoms with van der Waals surface area (Å²) in [7, 11) is 1.51. The fraction of sp³-hybridized carbons (Fsp3) is 0.267. The summed E-state index contributed by atoms with van der Waals surface area (Å²) in [5.74, 6) is 0.697. The number of hydrogen-bond acceptors (Lipinski definition) is 5. The van der Waals surface area contributed by atoms with Crippen LogP contribution in [0.5, 0.6) is 5.75 Å². The molecule has 0 aliphatic rings. The number of carbonyl (C=O) groups excluding carboxylic acids is 1. The predicted octanol–water partition coefficient (Wildman–Crippen LogP) is 3.96. The first-order chi connectivity index (χ1) is 11.0. The number of methoxy groups -OCH3 is 1. The van der Waals surface area contributed by atoms with Gasteiger partial charge in [-0.15, -0.1) is 0 Å². The van der Waals surface area contributed by atoms with Crippen LogP contribution in [0.25, 0.3) is 0 Å². The molecule has 2 rings (SSSR count). The standard InChI is InChI=1S/C15H15Cl2N3O3/c1-3-23-15(21)20(14-18-7-11(22-2)8-19-14)9-10-4-5-12(16)13(17)6-10/h4-8H,3,9H2,1-2H3. The number of hydrogen-bond donors (Lipinski definition) is 0. The van der Waals surface area contributed by atoms with Crippen molar-refractivity contribution in [3.8, 4) is 5.75 Å². The highest BCUT2D eigenvalue weighted by Crippen LogP contribution is 2.24. The summed E-state index contributed by atoms with van der Waals surface area (Å²) in [6.45, 7) is 2.17. The van der Waals surface area contributed by atoms with Crippen molar-refractivity contribution in [2.45, 2.75) is 13.5 Å². The molecule has 1 aromatic carbocycles. The Morgan fingerprint density at radius 1 is 1.22 bits per heavy atom. The van der Waals surface area contributed by atoms with E-state index >= 15 is 0 Å². The lowest BCUT2D eigenvalue weighted by Crippen LogP contribution is -2.32. The third-order valence-corrected chi connectivity index (χ3v) is 3.64. The van der Waals surface area contributed by atoms with Gasteiger partial charge in [-0.25, -0.2) is 19.7 Å². The summed E-state index contributed by atoms with van der Waals surface area (Å²) in [4.78, 5) is 21.7. The maximum atomic E-state index is 12.2. The second-order valence-electron chi connectivity index (χ2n) is 4.46. The molecule has 0 bridgehead atoms. The van der Waals surface area contributed by atoms with Gasteiger partial charge < -0.3 is 9.47 Å². The molecule has 0 saturated heterocycles. The molecular formula is C15H15Cl2N3O3. The van der Waals surface area contributed by atoms with Gasteiger partial charge in [0.15, 0.2) is 5.75 Å². The van der Waals surface area contributed by atoms with Gasteiger partial charge in [0.05, 0.1) is 42.7 Å². The second-order valence-corrected chi connectivity index (χ2v) is 5.27. The maximum Gasteiger partial charge on any atom is 0.417 e. The van der Waals surface area contributed by atoms with Crippen molar-refractivity contribution in [1.29, 1.82) is 0 Å². The second kappa shape index (κ2) is 7.99. The molecule has 0 aliphatic heterocycles. The van der Waals surface area contributed by atoms with Gasteiger partial charge in [0.2, 0.25) is 5.95 Å². The Labute approximate surface area is 144 Å². The average Bonchev–Trinajstić information content (AvgIpc) is 2.56. The Kier molecular flexibility index (Phi) is 6.01. The monoisotopic (exact) mass is 355 g/mol. The van der Waals surface area contributed by atoms with Crippen LogP contribution in [-0.4, -0.2) is 29.8 Å². The minimum absolute atomic E-state index is 0.196. The number of carbonyl (C=O) groups is 1. The highest BCUT2D eigenvalue weighted by atomic mass is 35.5. The molecule has 1 amide bonds. The van der Waals surface area contributed by atoms with Crippen LogP contribution in [0.4, 0.5) is 10.7 Å². The average molecular weight is 356 g/mol. The number of benzene rings is 1. The molecule has 6 nitrogen and oxygen atoms in total. The molecule has 1 aromatic heterocycles. The van der Waals surface area contributed by atoms with Crippen LogP contribution in [0.15, 0.2) is 30.6 Å². The summed E-state index contributed by atoms with van der Waals surface area (Å²) < 4.78 is 10.1. The van der Waals surface area contributed by atoms with E-state index in [2.05, 4.69) is 9.97 Å². The third kappa shape index (κ3) is 4.46. The highest BCUT2D eigenvalue weighted by molar-refractivity contribution is 6.42. The Morgan fingerprint density at radius 3 is 2.48 bits per heavy atom. The molecule has 0 N–H and O–H groups in total. The van der Waals surface area contributed by atoms with Gasteiger partial charge in [-0.05, 0) is 24.6 Å². The zero-order valence-electron chi connectivity index (χ0n) is 12.6. The van der Waals surface area contributed by atoms with Gasteiger partial charge in [-0.1, -0.05) is 29.3 Å². The zero-order chi connectivity index (χ0) is 16.8. The molecule has 0 saturated carbocycles. The normalized spacial score (nSPS) is 10.3. The molecule has 1 heterocycles. The smallest absolute Gasteiger partial charge is 0.417 e. The van der Waals surface area contributed by atoms with Crippen LogP contribution >= 0.6 is 23.2 Å². The third-order valence-electron chi connectivity index (χ3n) is 2.90. The van der Waals surface area contributed by atoms with Crippen LogP contribution in [-0.2, 0) is 11.3 Å². The molecule has 8 heteroatoms. The molecular weight excluding hydrogens is 341 g/mol. The van der Waals surface area contributed by atoms with E-state index in [9.17, 15) is 4.79 Å². The van der Waals surface area contributed by atoms with E-state index in [1.807, 2.05) is 0 Å². The number of aromatic nitrogens is 2. The van der Waals surface area contributed by atoms with Crippen molar-refractivity contribution >= 4 is 35.2 Å². The number of amides is 1. The number of rotatable bonds is 5. The summed E-state index contributed by atoms with van der Waals surface area (Å²) >= 11 is 11.9. The lowest BCUT2D eigenvalue weighted by atomic mass is 10.2. The number of halogens is 2. The lowest BCUT2D eigenvalue weighted by molar-refractivity contribution is 0.159. The fourth-order valence-corrected chi connectivity index (χ4v) is 2.11. The Bertz CT molecular complexity index is 680. The van der Waals surface area contributed by atoms with Crippen molar-refractivity contribution in [3.05, 3.63) is 46.2 Å². The van der Waals surface area contributed by atoms with Gasteiger partial charge in [0.25, 0.3) is 0 Å². The van der Waals surface area contributed by atoms with E-state index in [4.69, 9.17) is 32.7 Å². The van der Waals surface area contributed by atoms with Crippen LogP contribution in [0.1, 0.15) is 12.5 Å². The van der Waals surface area contributed by atoms with Crippen molar-refractivity contribution < 1.29 is 14.3 Å². The van der Waals surface area contributed by atoms with Crippen molar-refractivity contribution in [2.24, 2.45) is 0 Å². The van der Waals surface area contributed by atoms with E-state index < -0.39 is 6.09 Å². The summed E-state index contributed by atoms with van der Waals surface area (Å²) in [6.07, 6.45) is 2.40. The first-order valence-electron chi connectivity index (χ1n) is 6.79. The molecule has 0 unspecified atom stereocenters. The maximum absolute atomic E-state index is 12.2. The van der Waals surface area contributed by atoms with Gasteiger partial charge in [-0.2, -0.15) is 0 Å². The van der Waals surface area contributed by atoms with Crippen LogP contribution in [0.3, 0.4) is 0 Å². The predicted molar refractivity (Wildman–Crippen MR) is 88.3 cm³/mol. The van der Waals surface area contributed by atoms with E-state index in [0.29, 0.717) is 15.8 Å². The topological polar surface area (TPSA) is 64.5 Å². The van der Waals surface area contributed by atoms with Crippen molar-refractivity contribution in [1.82, 2.24) is 9.97 Å². The van der Waals surface area contributed by atoms with Crippen LogP contribution in [0, 0.1) is 0 Å². The lowest BCUT2D eigenvalue weighted by Gasteiger charge is -2.20. The molecule has 0 fully saturated rings. The molecule has 122 valence electrons. The van der Waals surface area contributed by atoms with E-state index in [1.165, 1.54) is 24.4 Å². The van der Waals surface area contributed by atoms with E-state index in [0.717, 1.165) is 5.56 Å². The first kappa shape index (κ1) is 17.3. The van der Waals surface area contributed by atoms with E-state index in [1.54, 1.807) is 25.1 Å². The summed E-state index contributed by atoms with van der Waals surface area (Å²) in [5.41, 5.74) is 0.770. The minimum Gasteiger partial charge on any atom is -0.494 e. The van der Waals surface area contributed by atoms with Gasteiger partial charge in [-0.3, -0.25) is 0 Å². The number of anilines is 1. The summed E-state index contributed by atoms with van der Waals surface area (Å²) in [6, 6.07) is 5.11. The van der Waals surface area contributed by atoms with Gasteiger partial charge >= 0.3 is 6.09 Å². The largest absolute Gasteiger partial charge is 0.494 e. The van der Waals surface area contributed by atoms with E-state index in [-0.39, 0.29) is 19.1 Å². The Hall–Kier alpha value is -2.05.